The van der Waals surface area contributed by atoms with Crippen LogP contribution in [0.25, 0.3) is 11.1 Å². The maximum Gasteiger partial charge on any atom is 0.150 e. The van der Waals surface area contributed by atoms with Crippen molar-refractivity contribution in [3.63, 3.8) is 0 Å². The lowest BCUT2D eigenvalue weighted by Gasteiger charge is -2.02. The molecular formula is C11H11BrN4. The van der Waals surface area contributed by atoms with E-state index >= 15 is 0 Å². The molecule has 1 aliphatic carbocycles. The first kappa shape index (κ1) is 9.84. The molecule has 0 saturated heterocycles. The summed E-state index contributed by atoms with van der Waals surface area (Å²) >= 11 is 3.44. The van der Waals surface area contributed by atoms with Gasteiger partial charge < -0.3 is 5.73 Å². The van der Waals surface area contributed by atoms with E-state index in [2.05, 4.69) is 32.0 Å². The molecule has 82 valence electrons. The van der Waals surface area contributed by atoms with Crippen molar-refractivity contribution in [1.82, 2.24) is 14.4 Å². The van der Waals surface area contributed by atoms with Crippen LogP contribution in [0, 0.1) is 0 Å². The molecule has 2 aromatic rings. The lowest BCUT2D eigenvalue weighted by Crippen LogP contribution is -1.97. The molecule has 5 heteroatoms. The second-order valence-corrected chi connectivity index (χ2v) is 4.63. The largest absolute Gasteiger partial charge is 0.382 e. The minimum absolute atomic E-state index is 0.506. The second kappa shape index (κ2) is 3.59. The van der Waals surface area contributed by atoms with E-state index in [1.54, 1.807) is 6.20 Å². The third-order valence-electron chi connectivity index (χ3n) is 2.87. The van der Waals surface area contributed by atoms with Crippen LogP contribution in [0.5, 0.6) is 0 Å². The number of nitrogen functional groups attached to an aromatic ring is 1. The van der Waals surface area contributed by atoms with Crippen LogP contribution in [0.1, 0.15) is 25.1 Å². The second-order valence-electron chi connectivity index (χ2n) is 3.88. The number of rotatable bonds is 1. The maximum atomic E-state index is 5.85. The molecule has 0 bridgehead atoms. The van der Waals surface area contributed by atoms with Crippen molar-refractivity contribution >= 4 is 32.8 Å². The number of imidazole rings is 1. The lowest BCUT2D eigenvalue weighted by molar-refractivity contribution is 0.926. The van der Waals surface area contributed by atoms with Gasteiger partial charge in [-0.3, -0.25) is 4.40 Å². The fourth-order valence-corrected chi connectivity index (χ4v) is 2.68. The number of aromatic nitrogens is 3. The van der Waals surface area contributed by atoms with Crippen molar-refractivity contribution in [3.05, 3.63) is 28.9 Å². The molecule has 2 aromatic heterocycles. The van der Waals surface area contributed by atoms with Crippen LogP contribution in [0.2, 0.25) is 0 Å². The van der Waals surface area contributed by atoms with E-state index in [-0.39, 0.29) is 0 Å². The Hall–Kier alpha value is -1.36. The molecule has 0 aromatic carbocycles. The standard InChI is InChI=1S/C11H11BrN4/c12-9-8-10(13)14-5-6-16(8)11(15-9)7-3-1-2-4-7/h3,5-6H,1-2,4H2,(H2,13,14). The number of hydrogen-bond donors (Lipinski definition) is 1. The monoisotopic (exact) mass is 278 g/mol. The Kier molecular flexibility index (Phi) is 2.21. The molecule has 0 saturated carbocycles. The number of hydrogen-bond acceptors (Lipinski definition) is 3. The van der Waals surface area contributed by atoms with Crippen LogP contribution >= 0.6 is 15.9 Å². The van der Waals surface area contributed by atoms with Crippen molar-refractivity contribution in [3.8, 4) is 0 Å². The van der Waals surface area contributed by atoms with Gasteiger partial charge in [-0.1, -0.05) is 6.08 Å². The Labute approximate surface area is 101 Å². The SMILES string of the molecule is Nc1nccn2c(C3=CCCC3)nc(Br)c12. The Morgan fingerprint density at radius 2 is 2.31 bits per heavy atom. The van der Waals surface area contributed by atoms with Gasteiger partial charge in [-0.05, 0) is 40.8 Å². The molecule has 0 amide bonds. The lowest BCUT2D eigenvalue weighted by atomic mass is 10.2. The molecule has 2 heterocycles. The number of halogens is 1. The zero-order valence-electron chi connectivity index (χ0n) is 8.65. The van der Waals surface area contributed by atoms with E-state index < -0.39 is 0 Å². The summed E-state index contributed by atoms with van der Waals surface area (Å²) in [6, 6.07) is 0. The van der Waals surface area contributed by atoms with Crippen molar-refractivity contribution in [1.29, 1.82) is 0 Å². The highest BCUT2D eigenvalue weighted by Crippen LogP contribution is 2.31. The zero-order valence-corrected chi connectivity index (χ0v) is 10.2. The van der Waals surface area contributed by atoms with Gasteiger partial charge in [0.15, 0.2) is 5.82 Å². The van der Waals surface area contributed by atoms with Crippen LogP contribution in [-0.4, -0.2) is 14.4 Å². The summed E-state index contributed by atoms with van der Waals surface area (Å²) in [5, 5.41) is 0. The molecule has 0 atom stereocenters. The van der Waals surface area contributed by atoms with Gasteiger partial charge in [0, 0.05) is 12.4 Å². The van der Waals surface area contributed by atoms with Crippen LogP contribution in [-0.2, 0) is 0 Å². The number of fused-ring (bicyclic) bond motifs is 1. The van der Waals surface area contributed by atoms with E-state index in [1.807, 2.05) is 10.6 Å². The Bertz CT molecular complexity index is 585. The van der Waals surface area contributed by atoms with Gasteiger partial charge in [0.1, 0.15) is 15.9 Å². The number of anilines is 1. The van der Waals surface area contributed by atoms with Crippen LogP contribution in [0.15, 0.2) is 23.1 Å². The molecule has 0 spiro atoms. The van der Waals surface area contributed by atoms with Crippen LogP contribution in [0.3, 0.4) is 0 Å². The van der Waals surface area contributed by atoms with Gasteiger partial charge in [-0.25, -0.2) is 9.97 Å². The maximum absolute atomic E-state index is 5.85. The fourth-order valence-electron chi connectivity index (χ4n) is 2.12. The van der Waals surface area contributed by atoms with Crippen molar-refractivity contribution in [2.75, 3.05) is 5.73 Å². The van der Waals surface area contributed by atoms with Gasteiger partial charge in [-0.2, -0.15) is 0 Å². The number of nitrogens with zero attached hydrogens (tertiary/aromatic N) is 3. The zero-order chi connectivity index (χ0) is 11.1. The summed E-state index contributed by atoms with van der Waals surface area (Å²) < 4.78 is 2.77. The summed E-state index contributed by atoms with van der Waals surface area (Å²) in [4.78, 5) is 8.60. The van der Waals surface area contributed by atoms with E-state index in [1.165, 1.54) is 12.0 Å². The van der Waals surface area contributed by atoms with E-state index in [0.717, 1.165) is 28.8 Å². The van der Waals surface area contributed by atoms with Crippen LogP contribution < -0.4 is 5.73 Å². The number of allylic oxidation sites excluding steroid dienone is 2. The highest BCUT2D eigenvalue weighted by atomic mass is 79.9. The average Bonchev–Trinajstić information content (AvgIpc) is 2.86. The van der Waals surface area contributed by atoms with E-state index in [9.17, 15) is 0 Å². The first-order chi connectivity index (χ1) is 7.77. The quantitative estimate of drug-likeness (QED) is 0.873. The summed E-state index contributed by atoms with van der Waals surface area (Å²) in [6.07, 6.45) is 9.30. The summed E-state index contributed by atoms with van der Waals surface area (Å²) in [5.74, 6) is 1.49. The predicted octanol–water partition coefficient (Wildman–Crippen LogP) is 2.64. The minimum Gasteiger partial charge on any atom is -0.382 e. The molecular weight excluding hydrogens is 268 g/mol. The van der Waals surface area contributed by atoms with Crippen molar-refractivity contribution < 1.29 is 0 Å². The molecule has 1 aliphatic rings. The average molecular weight is 279 g/mol. The molecule has 0 radical (unpaired) electrons. The Morgan fingerprint density at radius 1 is 1.44 bits per heavy atom. The van der Waals surface area contributed by atoms with Crippen molar-refractivity contribution in [2.24, 2.45) is 0 Å². The van der Waals surface area contributed by atoms with E-state index in [0.29, 0.717) is 5.82 Å². The van der Waals surface area contributed by atoms with Gasteiger partial charge >= 0.3 is 0 Å². The smallest absolute Gasteiger partial charge is 0.150 e. The Morgan fingerprint density at radius 3 is 3.06 bits per heavy atom. The highest BCUT2D eigenvalue weighted by Gasteiger charge is 2.17. The predicted molar refractivity (Wildman–Crippen MR) is 66.9 cm³/mol. The minimum atomic E-state index is 0.506. The molecule has 2 N–H and O–H groups in total. The van der Waals surface area contributed by atoms with E-state index in [4.69, 9.17) is 5.73 Å². The highest BCUT2D eigenvalue weighted by molar-refractivity contribution is 9.10. The third-order valence-corrected chi connectivity index (χ3v) is 3.42. The van der Waals surface area contributed by atoms with Crippen LogP contribution in [0.4, 0.5) is 5.82 Å². The molecule has 3 rings (SSSR count). The van der Waals surface area contributed by atoms with Gasteiger partial charge in [-0.15, -0.1) is 0 Å². The summed E-state index contributed by atoms with van der Waals surface area (Å²) in [6.45, 7) is 0. The molecule has 0 fully saturated rings. The normalized spacial score (nSPS) is 15.7. The molecule has 16 heavy (non-hydrogen) atoms. The first-order valence-electron chi connectivity index (χ1n) is 5.25. The first-order valence-corrected chi connectivity index (χ1v) is 6.04. The summed E-state index contributed by atoms with van der Waals surface area (Å²) in [5.41, 5.74) is 8.00. The summed E-state index contributed by atoms with van der Waals surface area (Å²) in [7, 11) is 0. The molecule has 4 nitrogen and oxygen atoms in total. The molecule has 0 unspecified atom stereocenters. The number of nitrogens with two attached hydrogens (primary N) is 1. The molecule has 0 aliphatic heterocycles. The van der Waals surface area contributed by atoms with Gasteiger partial charge in [0.2, 0.25) is 0 Å². The fraction of sp³-hybridized carbons (Fsp3) is 0.273. The topological polar surface area (TPSA) is 56.2 Å². The van der Waals surface area contributed by atoms with Gasteiger partial charge in [0.05, 0.1) is 0 Å². The Balaban J connectivity index is 2.30. The van der Waals surface area contributed by atoms with Gasteiger partial charge in [0.25, 0.3) is 0 Å². The van der Waals surface area contributed by atoms with Crippen molar-refractivity contribution in [2.45, 2.75) is 19.3 Å². The third kappa shape index (κ3) is 1.35.